The van der Waals surface area contributed by atoms with Gasteiger partial charge in [0.25, 0.3) is 5.91 Å². The molecule has 2 N–H and O–H groups in total. The van der Waals surface area contributed by atoms with E-state index in [0.29, 0.717) is 30.8 Å². The van der Waals surface area contributed by atoms with Gasteiger partial charge in [-0.25, -0.2) is 9.97 Å². The molecule has 1 unspecified atom stereocenters. The van der Waals surface area contributed by atoms with E-state index in [2.05, 4.69) is 20.8 Å². The summed E-state index contributed by atoms with van der Waals surface area (Å²) in [4.78, 5) is 47.9. The Kier molecular flexibility index (Phi) is 7.27. The van der Waals surface area contributed by atoms with E-state index < -0.39 is 0 Å². The molecule has 1 saturated carbocycles. The minimum absolute atomic E-state index is 0.154. The summed E-state index contributed by atoms with van der Waals surface area (Å²) in [6.07, 6.45) is 3.43. The van der Waals surface area contributed by atoms with Crippen LogP contribution in [0.1, 0.15) is 53.0 Å². The van der Waals surface area contributed by atoms with Crippen molar-refractivity contribution in [1.29, 1.82) is 0 Å². The molecule has 2 aromatic rings. The average molecular weight is 468 g/mol. The standard InChI is InChI=1S/C24H29N5O3S/c1-15-12-16(2)26-24(25-15)33-14-17-5-7-18(8-6-17)21(30)27-28-22(31)20-4-3-11-29(13-20)23(32)19-9-10-19/h5-8,12,19-20H,3-4,9-11,13-14H2,1-2H3,(H,27,30)(H,28,31). The van der Waals surface area contributed by atoms with Crippen LogP contribution in [0.15, 0.2) is 35.5 Å². The molecule has 1 atom stereocenters. The van der Waals surface area contributed by atoms with Crippen LogP contribution in [0, 0.1) is 25.7 Å². The molecule has 8 nitrogen and oxygen atoms in total. The van der Waals surface area contributed by atoms with E-state index in [1.54, 1.807) is 28.8 Å². The lowest BCUT2D eigenvalue weighted by Gasteiger charge is -2.32. The Morgan fingerprint density at radius 2 is 1.70 bits per heavy atom. The van der Waals surface area contributed by atoms with Crippen molar-refractivity contribution in [3.8, 4) is 0 Å². The number of carbonyl (C=O) groups excluding carboxylic acids is 3. The lowest BCUT2D eigenvalue weighted by Crippen LogP contribution is -2.50. The smallest absolute Gasteiger partial charge is 0.269 e. The van der Waals surface area contributed by atoms with Crippen LogP contribution in [-0.4, -0.2) is 45.7 Å². The van der Waals surface area contributed by atoms with Crippen molar-refractivity contribution in [2.75, 3.05) is 13.1 Å². The fraction of sp³-hybridized carbons (Fsp3) is 0.458. The fourth-order valence-electron chi connectivity index (χ4n) is 3.93. The van der Waals surface area contributed by atoms with E-state index in [1.807, 2.05) is 32.0 Å². The van der Waals surface area contributed by atoms with Gasteiger partial charge < -0.3 is 4.90 Å². The minimum atomic E-state index is -0.373. The molecule has 3 amide bonds. The number of nitrogens with one attached hydrogen (secondary N) is 2. The first-order chi connectivity index (χ1) is 15.9. The Morgan fingerprint density at radius 3 is 2.36 bits per heavy atom. The Balaban J connectivity index is 1.24. The van der Waals surface area contributed by atoms with Gasteiger partial charge in [0.05, 0.1) is 5.92 Å². The van der Waals surface area contributed by atoms with Gasteiger partial charge in [0.1, 0.15) is 0 Å². The predicted octanol–water partition coefficient (Wildman–Crippen LogP) is 2.80. The second-order valence-corrected chi connectivity index (χ2v) is 9.70. The molecular weight excluding hydrogens is 438 g/mol. The lowest BCUT2D eigenvalue weighted by atomic mass is 9.97. The van der Waals surface area contributed by atoms with Gasteiger partial charge in [-0.15, -0.1) is 0 Å². The van der Waals surface area contributed by atoms with Crippen LogP contribution in [-0.2, 0) is 15.3 Å². The van der Waals surface area contributed by atoms with Crippen LogP contribution in [0.2, 0.25) is 0 Å². The zero-order valence-electron chi connectivity index (χ0n) is 19.0. The molecule has 2 aliphatic rings. The second kappa shape index (κ2) is 10.3. The third kappa shape index (κ3) is 6.31. The van der Waals surface area contributed by atoms with E-state index in [1.165, 1.54) is 0 Å². The molecule has 174 valence electrons. The molecule has 1 aliphatic heterocycles. The number of likely N-dealkylation sites (tertiary alicyclic amines) is 1. The molecule has 33 heavy (non-hydrogen) atoms. The molecule has 0 spiro atoms. The maximum atomic E-state index is 12.5. The summed E-state index contributed by atoms with van der Waals surface area (Å²) >= 11 is 1.55. The molecule has 0 radical (unpaired) electrons. The van der Waals surface area contributed by atoms with Gasteiger partial charge in [0.2, 0.25) is 11.8 Å². The SMILES string of the molecule is Cc1cc(C)nc(SCc2ccc(C(=O)NNC(=O)C3CCCN(C(=O)C4CC4)C3)cc2)n1. The molecule has 9 heteroatoms. The molecule has 1 aromatic carbocycles. The van der Waals surface area contributed by atoms with Crippen LogP contribution in [0.25, 0.3) is 0 Å². The maximum Gasteiger partial charge on any atom is 0.269 e. The number of nitrogens with zero attached hydrogens (tertiary/aromatic N) is 3. The van der Waals surface area contributed by atoms with E-state index in [9.17, 15) is 14.4 Å². The monoisotopic (exact) mass is 467 g/mol. The van der Waals surface area contributed by atoms with E-state index >= 15 is 0 Å². The number of aryl methyl sites for hydroxylation is 2. The number of hydrogen-bond acceptors (Lipinski definition) is 6. The molecule has 4 rings (SSSR count). The van der Waals surface area contributed by atoms with Gasteiger partial charge in [-0.3, -0.25) is 25.2 Å². The van der Waals surface area contributed by atoms with Crippen molar-refractivity contribution < 1.29 is 14.4 Å². The summed E-state index contributed by atoms with van der Waals surface area (Å²) in [6, 6.07) is 9.17. The Hall–Kier alpha value is -2.94. The highest BCUT2D eigenvalue weighted by Gasteiger charge is 2.36. The second-order valence-electron chi connectivity index (χ2n) is 8.76. The van der Waals surface area contributed by atoms with Gasteiger partial charge in [0, 0.05) is 41.7 Å². The van der Waals surface area contributed by atoms with Crippen LogP contribution in [0.4, 0.5) is 0 Å². The normalized spacial score (nSPS) is 18.0. The zero-order valence-corrected chi connectivity index (χ0v) is 19.8. The summed E-state index contributed by atoms with van der Waals surface area (Å²) in [5.41, 5.74) is 8.41. The number of thioether (sulfide) groups is 1. The lowest BCUT2D eigenvalue weighted by molar-refractivity contribution is -0.137. The van der Waals surface area contributed by atoms with Gasteiger partial charge in [-0.1, -0.05) is 23.9 Å². The highest BCUT2D eigenvalue weighted by Crippen LogP contribution is 2.32. The fourth-order valence-corrected chi connectivity index (χ4v) is 4.84. The number of piperidine rings is 1. The molecule has 1 aliphatic carbocycles. The number of hydrazine groups is 1. The van der Waals surface area contributed by atoms with Gasteiger partial charge in [-0.2, -0.15) is 0 Å². The van der Waals surface area contributed by atoms with Gasteiger partial charge >= 0.3 is 0 Å². The molecule has 0 bridgehead atoms. The van der Waals surface area contributed by atoms with Crippen LogP contribution < -0.4 is 10.9 Å². The third-order valence-corrected chi connectivity index (χ3v) is 6.79. The van der Waals surface area contributed by atoms with E-state index in [0.717, 1.165) is 41.4 Å². The summed E-state index contributed by atoms with van der Waals surface area (Å²) in [6.45, 7) is 5.03. The minimum Gasteiger partial charge on any atom is -0.342 e. The largest absolute Gasteiger partial charge is 0.342 e. The first-order valence-corrected chi connectivity index (χ1v) is 12.3. The highest BCUT2D eigenvalue weighted by molar-refractivity contribution is 7.98. The Bertz CT molecular complexity index is 1020. The average Bonchev–Trinajstić information content (AvgIpc) is 3.66. The van der Waals surface area contributed by atoms with Crippen LogP contribution in [0.5, 0.6) is 0 Å². The van der Waals surface area contributed by atoms with Gasteiger partial charge in [0.15, 0.2) is 5.16 Å². The third-order valence-electron chi connectivity index (χ3n) is 5.88. The first-order valence-electron chi connectivity index (χ1n) is 11.3. The maximum absolute atomic E-state index is 12.5. The van der Waals surface area contributed by atoms with Crippen molar-refractivity contribution >= 4 is 29.5 Å². The summed E-state index contributed by atoms with van der Waals surface area (Å²) < 4.78 is 0. The Labute approximate surface area is 197 Å². The van der Waals surface area contributed by atoms with Crippen molar-refractivity contribution in [3.05, 3.63) is 52.8 Å². The molecule has 1 aromatic heterocycles. The van der Waals surface area contributed by atoms with Crippen molar-refractivity contribution in [1.82, 2.24) is 25.7 Å². The number of benzene rings is 1. The summed E-state index contributed by atoms with van der Waals surface area (Å²) in [7, 11) is 0. The number of rotatable bonds is 6. The number of aromatic nitrogens is 2. The van der Waals surface area contributed by atoms with Crippen molar-refractivity contribution in [2.24, 2.45) is 11.8 Å². The zero-order chi connectivity index (χ0) is 23.4. The van der Waals surface area contributed by atoms with E-state index in [4.69, 9.17) is 0 Å². The molecule has 2 fully saturated rings. The predicted molar refractivity (Wildman–Crippen MR) is 125 cm³/mol. The summed E-state index contributed by atoms with van der Waals surface area (Å²) in [5, 5.41) is 0.733. The highest BCUT2D eigenvalue weighted by atomic mass is 32.2. The summed E-state index contributed by atoms with van der Waals surface area (Å²) in [5.74, 6) is 0.0909. The quantitative estimate of drug-likeness (QED) is 0.385. The molecule has 2 heterocycles. The van der Waals surface area contributed by atoms with Crippen molar-refractivity contribution in [3.63, 3.8) is 0 Å². The molecule has 1 saturated heterocycles. The van der Waals surface area contributed by atoms with Crippen molar-refractivity contribution in [2.45, 2.75) is 50.4 Å². The van der Waals surface area contributed by atoms with Crippen LogP contribution in [0.3, 0.4) is 0 Å². The first kappa shape index (κ1) is 23.2. The number of hydrogen-bond donors (Lipinski definition) is 2. The Morgan fingerprint density at radius 1 is 1.00 bits per heavy atom. The molecular formula is C24H29N5O3S. The number of amides is 3. The van der Waals surface area contributed by atoms with Gasteiger partial charge in [-0.05, 0) is 63.3 Å². The topological polar surface area (TPSA) is 104 Å². The van der Waals surface area contributed by atoms with E-state index in [-0.39, 0.29) is 29.6 Å². The number of carbonyl (C=O) groups is 3. The van der Waals surface area contributed by atoms with Crippen LogP contribution >= 0.6 is 11.8 Å².